The monoisotopic (exact) mass is 160 g/mol. The molecule has 0 aliphatic carbocycles. The molecular weight excluding hydrogens is 147 g/mol. The van der Waals surface area contributed by atoms with Gasteiger partial charge in [-0.2, -0.15) is 0 Å². The first-order valence-electron chi connectivity index (χ1n) is 4.25. The zero-order chi connectivity index (χ0) is 8.81. The summed E-state index contributed by atoms with van der Waals surface area (Å²) in [6, 6.07) is 7.91. The normalized spacial score (nSPS) is 10.1. The van der Waals surface area contributed by atoms with Gasteiger partial charge in [0.1, 0.15) is 7.85 Å². The van der Waals surface area contributed by atoms with Crippen LogP contribution in [0.15, 0.2) is 24.3 Å². The molecule has 1 aromatic rings. The van der Waals surface area contributed by atoms with Crippen LogP contribution in [0.1, 0.15) is 12.5 Å². The maximum Gasteiger partial charge on any atom is 0.113 e. The Morgan fingerprint density at radius 1 is 1.25 bits per heavy atom. The van der Waals surface area contributed by atoms with Crippen molar-refractivity contribution < 1.29 is 4.74 Å². The van der Waals surface area contributed by atoms with Crippen molar-refractivity contribution in [1.82, 2.24) is 0 Å². The van der Waals surface area contributed by atoms with Crippen LogP contribution in [0.25, 0.3) is 0 Å². The minimum atomic E-state index is 0.787. The van der Waals surface area contributed by atoms with Crippen LogP contribution in [0.5, 0.6) is 0 Å². The molecule has 0 unspecified atom stereocenters. The third-order valence-corrected chi connectivity index (χ3v) is 1.72. The van der Waals surface area contributed by atoms with Gasteiger partial charge >= 0.3 is 0 Å². The lowest BCUT2D eigenvalue weighted by Crippen LogP contribution is -2.02. The zero-order valence-electron chi connectivity index (χ0n) is 7.42. The maximum absolute atomic E-state index is 5.55. The summed E-state index contributed by atoms with van der Waals surface area (Å²) in [4.78, 5) is 0. The smallest absolute Gasteiger partial charge is 0.113 e. The highest BCUT2D eigenvalue weighted by Gasteiger charge is 1.91. The molecule has 12 heavy (non-hydrogen) atoms. The molecule has 0 aliphatic rings. The first-order chi connectivity index (χ1) is 5.83. The molecular formula is C10H13BO. The molecule has 62 valence electrons. The molecule has 1 rings (SSSR count). The summed E-state index contributed by atoms with van der Waals surface area (Å²) in [7, 11) is 5.55. The van der Waals surface area contributed by atoms with E-state index in [1.807, 2.05) is 31.2 Å². The van der Waals surface area contributed by atoms with E-state index in [9.17, 15) is 0 Å². The quantitative estimate of drug-likeness (QED) is 0.472. The Hall–Kier alpha value is -0.755. The van der Waals surface area contributed by atoms with Crippen molar-refractivity contribution in [2.24, 2.45) is 0 Å². The van der Waals surface area contributed by atoms with Gasteiger partial charge in [-0.15, -0.1) is 0 Å². The van der Waals surface area contributed by atoms with E-state index in [0.29, 0.717) is 0 Å². The largest absolute Gasteiger partial charge is 0.381 e. The van der Waals surface area contributed by atoms with Crippen LogP contribution in [-0.2, 0) is 11.2 Å². The molecule has 2 radical (unpaired) electrons. The Bertz CT molecular complexity index is 218. The summed E-state index contributed by atoms with van der Waals surface area (Å²) in [5, 5.41) is 0. The van der Waals surface area contributed by atoms with E-state index >= 15 is 0 Å². The highest BCUT2D eigenvalue weighted by atomic mass is 16.5. The van der Waals surface area contributed by atoms with Gasteiger partial charge in [0.25, 0.3) is 0 Å². The van der Waals surface area contributed by atoms with Gasteiger partial charge in [-0.3, -0.25) is 0 Å². The van der Waals surface area contributed by atoms with Crippen molar-refractivity contribution in [3.8, 4) is 0 Å². The minimum absolute atomic E-state index is 0.787. The van der Waals surface area contributed by atoms with Crippen LogP contribution in [0.4, 0.5) is 0 Å². The lowest BCUT2D eigenvalue weighted by Gasteiger charge is -2.01. The summed E-state index contributed by atoms with van der Waals surface area (Å²) >= 11 is 0. The van der Waals surface area contributed by atoms with Crippen molar-refractivity contribution in [2.75, 3.05) is 13.2 Å². The molecule has 0 bridgehead atoms. The van der Waals surface area contributed by atoms with Crippen LogP contribution in [0.3, 0.4) is 0 Å². The molecule has 0 aliphatic heterocycles. The molecule has 0 saturated carbocycles. The van der Waals surface area contributed by atoms with Gasteiger partial charge in [0.2, 0.25) is 0 Å². The van der Waals surface area contributed by atoms with E-state index in [0.717, 1.165) is 25.1 Å². The molecule has 0 aromatic heterocycles. The number of hydrogen-bond donors (Lipinski definition) is 0. The molecule has 0 saturated heterocycles. The second-order valence-electron chi connectivity index (χ2n) is 2.69. The van der Waals surface area contributed by atoms with Gasteiger partial charge in [-0.05, 0) is 18.9 Å². The van der Waals surface area contributed by atoms with Crippen LogP contribution < -0.4 is 5.46 Å². The minimum Gasteiger partial charge on any atom is -0.381 e. The summed E-state index contributed by atoms with van der Waals surface area (Å²) in [5.41, 5.74) is 2.09. The fourth-order valence-corrected chi connectivity index (χ4v) is 1.02. The highest BCUT2D eigenvalue weighted by Crippen LogP contribution is 1.97. The number of rotatable bonds is 4. The number of benzene rings is 1. The highest BCUT2D eigenvalue weighted by molar-refractivity contribution is 6.32. The van der Waals surface area contributed by atoms with E-state index < -0.39 is 0 Å². The summed E-state index contributed by atoms with van der Waals surface area (Å²) in [5.74, 6) is 0. The Kier molecular flexibility index (Phi) is 3.88. The Morgan fingerprint density at radius 3 is 2.50 bits per heavy atom. The fourth-order valence-electron chi connectivity index (χ4n) is 1.02. The van der Waals surface area contributed by atoms with E-state index in [-0.39, 0.29) is 0 Å². The van der Waals surface area contributed by atoms with Crippen LogP contribution >= 0.6 is 0 Å². The molecule has 0 spiro atoms. The van der Waals surface area contributed by atoms with E-state index in [1.165, 1.54) is 5.56 Å². The standard InChI is InChI=1S/C10H13BO/c1-2-12-8-7-9-3-5-10(11)6-4-9/h3-6H,2,7-8H2,1H3. The summed E-state index contributed by atoms with van der Waals surface area (Å²) in [6.45, 7) is 3.58. The Morgan fingerprint density at radius 2 is 1.92 bits per heavy atom. The zero-order valence-corrected chi connectivity index (χ0v) is 7.42. The molecule has 1 aromatic carbocycles. The number of ether oxygens (including phenoxy) is 1. The van der Waals surface area contributed by atoms with Crippen LogP contribution in [0.2, 0.25) is 0 Å². The molecule has 2 heteroatoms. The predicted molar refractivity (Wildman–Crippen MR) is 52.0 cm³/mol. The average Bonchev–Trinajstić information content (AvgIpc) is 2.09. The van der Waals surface area contributed by atoms with E-state index in [4.69, 9.17) is 12.6 Å². The van der Waals surface area contributed by atoms with Crippen molar-refractivity contribution in [2.45, 2.75) is 13.3 Å². The molecule has 0 atom stereocenters. The second-order valence-corrected chi connectivity index (χ2v) is 2.69. The first-order valence-corrected chi connectivity index (χ1v) is 4.25. The third kappa shape index (κ3) is 3.10. The Labute approximate surface area is 75.2 Å². The van der Waals surface area contributed by atoms with E-state index in [2.05, 4.69) is 0 Å². The van der Waals surface area contributed by atoms with Gasteiger partial charge in [0, 0.05) is 6.61 Å². The van der Waals surface area contributed by atoms with Gasteiger partial charge in [-0.1, -0.05) is 29.7 Å². The van der Waals surface area contributed by atoms with Crippen LogP contribution in [0, 0.1) is 0 Å². The van der Waals surface area contributed by atoms with Crippen LogP contribution in [-0.4, -0.2) is 21.1 Å². The first kappa shape index (κ1) is 9.33. The number of hydrogen-bond acceptors (Lipinski definition) is 1. The fraction of sp³-hybridized carbons (Fsp3) is 0.400. The van der Waals surface area contributed by atoms with Gasteiger partial charge in [-0.25, -0.2) is 0 Å². The van der Waals surface area contributed by atoms with Crippen molar-refractivity contribution in [3.63, 3.8) is 0 Å². The lowest BCUT2D eigenvalue weighted by atomic mass is 9.95. The predicted octanol–water partition coefficient (Wildman–Crippen LogP) is 1.06. The molecule has 0 heterocycles. The third-order valence-electron chi connectivity index (χ3n) is 1.72. The molecule has 0 fully saturated rings. The molecule has 1 nitrogen and oxygen atoms in total. The van der Waals surface area contributed by atoms with Gasteiger partial charge in [0.15, 0.2) is 0 Å². The SMILES string of the molecule is [B]c1ccc(CCOCC)cc1. The molecule has 0 amide bonds. The summed E-state index contributed by atoms with van der Waals surface area (Å²) < 4.78 is 5.24. The lowest BCUT2D eigenvalue weighted by molar-refractivity contribution is 0.151. The van der Waals surface area contributed by atoms with Gasteiger partial charge < -0.3 is 4.74 Å². The topological polar surface area (TPSA) is 9.23 Å². The summed E-state index contributed by atoms with van der Waals surface area (Å²) in [6.07, 6.45) is 0.966. The second kappa shape index (κ2) is 4.99. The van der Waals surface area contributed by atoms with Crippen molar-refractivity contribution in [3.05, 3.63) is 29.8 Å². The van der Waals surface area contributed by atoms with Crippen molar-refractivity contribution in [1.29, 1.82) is 0 Å². The Balaban J connectivity index is 2.37. The molecule has 0 N–H and O–H groups in total. The van der Waals surface area contributed by atoms with Gasteiger partial charge in [0.05, 0.1) is 6.61 Å². The maximum atomic E-state index is 5.55. The average molecular weight is 160 g/mol. The van der Waals surface area contributed by atoms with E-state index in [1.54, 1.807) is 0 Å². The van der Waals surface area contributed by atoms with Crippen molar-refractivity contribution >= 4 is 13.3 Å².